The van der Waals surface area contributed by atoms with Gasteiger partial charge in [-0.3, -0.25) is 4.79 Å². The van der Waals surface area contributed by atoms with E-state index in [0.29, 0.717) is 11.1 Å². The largest absolute Gasteiger partial charge is 0.368 e. The van der Waals surface area contributed by atoms with Gasteiger partial charge in [-0.1, -0.05) is 17.7 Å². The van der Waals surface area contributed by atoms with Crippen LogP contribution in [0.5, 0.6) is 0 Å². The molecule has 0 aliphatic carbocycles. The molecule has 0 aliphatic heterocycles. The number of hydrogen-bond donors (Lipinski definition) is 3. The molecule has 1 unspecified atom stereocenters. The summed E-state index contributed by atoms with van der Waals surface area (Å²) in [5, 5.41) is 0. The van der Waals surface area contributed by atoms with E-state index in [1.54, 1.807) is 26.0 Å². The Morgan fingerprint density at radius 3 is 2.11 bits per heavy atom. The number of amides is 1. The molecule has 1 aromatic rings. The zero-order valence-corrected chi connectivity index (χ0v) is 12.0. The van der Waals surface area contributed by atoms with Crippen molar-refractivity contribution in [2.75, 3.05) is 6.54 Å². The summed E-state index contributed by atoms with van der Waals surface area (Å²) in [6.07, 6.45) is 0. The molecule has 0 saturated heterocycles. The van der Waals surface area contributed by atoms with Crippen molar-refractivity contribution < 1.29 is 13.2 Å². The van der Waals surface area contributed by atoms with Crippen molar-refractivity contribution in [1.29, 1.82) is 0 Å². The fraction of sp³-hybridized carbons (Fsp3) is 0.417. The van der Waals surface area contributed by atoms with Crippen molar-refractivity contribution in [2.24, 2.45) is 11.5 Å². The third-order valence-electron chi connectivity index (χ3n) is 2.75. The number of rotatable bonds is 5. The van der Waals surface area contributed by atoms with Crippen LogP contribution in [-0.2, 0) is 14.8 Å². The molecular weight excluding hydrogens is 266 g/mol. The van der Waals surface area contributed by atoms with Crippen molar-refractivity contribution >= 4 is 15.9 Å². The second kappa shape index (κ2) is 5.68. The third-order valence-corrected chi connectivity index (χ3v) is 4.53. The number of nitrogens with one attached hydrogen (secondary N) is 1. The van der Waals surface area contributed by atoms with Gasteiger partial charge in [0.05, 0.1) is 4.90 Å². The number of carbonyl (C=O) groups excluding carboxylic acids is 1. The smallest absolute Gasteiger partial charge is 0.241 e. The molecule has 0 heterocycles. The predicted octanol–water partition coefficient (Wildman–Crippen LogP) is -0.297. The Hall–Kier alpha value is -1.44. The molecule has 1 amide bonds. The highest BCUT2D eigenvalue weighted by Crippen LogP contribution is 2.21. The highest BCUT2D eigenvalue weighted by molar-refractivity contribution is 7.89. The molecule has 1 aromatic carbocycles. The maximum absolute atomic E-state index is 12.3. The van der Waals surface area contributed by atoms with Gasteiger partial charge in [-0.05, 0) is 31.9 Å². The van der Waals surface area contributed by atoms with Gasteiger partial charge in [-0.2, -0.15) is 4.72 Å². The Bertz CT molecular complexity index is 573. The Kier molecular flexibility index (Phi) is 4.67. The Morgan fingerprint density at radius 2 is 1.74 bits per heavy atom. The first-order chi connectivity index (χ1) is 8.69. The number of sulfonamides is 1. The third kappa shape index (κ3) is 3.52. The fourth-order valence-electron chi connectivity index (χ4n) is 2.06. The molecule has 0 bridgehead atoms. The molecule has 0 spiro atoms. The number of aryl methyl sites for hydroxylation is 3. The van der Waals surface area contributed by atoms with E-state index < -0.39 is 22.0 Å². The van der Waals surface area contributed by atoms with Gasteiger partial charge in [0.15, 0.2) is 0 Å². The lowest BCUT2D eigenvalue weighted by Gasteiger charge is -2.17. The minimum absolute atomic E-state index is 0.165. The fourth-order valence-corrected chi connectivity index (χ4v) is 3.73. The van der Waals surface area contributed by atoms with Crippen LogP contribution in [0.1, 0.15) is 16.7 Å². The van der Waals surface area contributed by atoms with Gasteiger partial charge in [-0.15, -0.1) is 0 Å². The molecule has 0 radical (unpaired) electrons. The number of benzene rings is 1. The lowest BCUT2D eigenvalue weighted by molar-refractivity contribution is -0.119. The van der Waals surface area contributed by atoms with Gasteiger partial charge in [0.1, 0.15) is 6.04 Å². The maximum Gasteiger partial charge on any atom is 0.241 e. The first kappa shape index (κ1) is 15.6. The van der Waals surface area contributed by atoms with E-state index in [2.05, 4.69) is 4.72 Å². The Labute approximate surface area is 113 Å². The molecule has 7 heteroatoms. The first-order valence-corrected chi connectivity index (χ1v) is 7.27. The quantitative estimate of drug-likeness (QED) is 0.689. The molecule has 1 atom stereocenters. The highest BCUT2D eigenvalue weighted by Gasteiger charge is 2.25. The summed E-state index contributed by atoms with van der Waals surface area (Å²) in [6.45, 7) is 5.11. The van der Waals surface area contributed by atoms with Crippen molar-refractivity contribution in [2.45, 2.75) is 31.7 Å². The lowest BCUT2D eigenvalue weighted by Crippen LogP contribution is -2.49. The molecule has 5 N–H and O–H groups in total. The summed E-state index contributed by atoms with van der Waals surface area (Å²) in [5.41, 5.74) is 12.6. The van der Waals surface area contributed by atoms with Crippen LogP contribution in [0.4, 0.5) is 0 Å². The summed E-state index contributed by atoms with van der Waals surface area (Å²) in [7, 11) is -3.83. The van der Waals surface area contributed by atoms with Crippen molar-refractivity contribution in [3.8, 4) is 0 Å². The summed E-state index contributed by atoms with van der Waals surface area (Å²) >= 11 is 0. The van der Waals surface area contributed by atoms with Crippen LogP contribution in [0, 0.1) is 20.8 Å². The van der Waals surface area contributed by atoms with Crippen LogP contribution >= 0.6 is 0 Å². The van der Waals surface area contributed by atoms with E-state index in [4.69, 9.17) is 11.5 Å². The molecule has 0 aromatic heterocycles. The number of hydrogen-bond acceptors (Lipinski definition) is 4. The minimum Gasteiger partial charge on any atom is -0.368 e. The lowest BCUT2D eigenvalue weighted by atomic mass is 10.1. The van der Waals surface area contributed by atoms with E-state index in [1.165, 1.54) is 0 Å². The standard InChI is InChI=1S/C12H19N3O3S/c1-7-4-8(2)11(9(3)5-7)19(17,18)15-10(6-13)12(14)16/h4-5,10,15H,6,13H2,1-3H3,(H2,14,16). The summed E-state index contributed by atoms with van der Waals surface area (Å²) in [5.74, 6) is -0.798. The van der Waals surface area contributed by atoms with Gasteiger partial charge in [0.25, 0.3) is 0 Å². The predicted molar refractivity (Wildman–Crippen MR) is 73.0 cm³/mol. The second-order valence-electron chi connectivity index (χ2n) is 4.54. The van der Waals surface area contributed by atoms with Crippen LogP contribution in [0.15, 0.2) is 17.0 Å². The number of carbonyl (C=O) groups is 1. The van der Waals surface area contributed by atoms with E-state index in [1.807, 2.05) is 6.92 Å². The molecule has 0 fully saturated rings. The molecule has 19 heavy (non-hydrogen) atoms. The first-order valence-electron chi connectivity index (χ1n) is 5.78. The van der Waals surface area contributed by atoms with E-state index in [-0.39, 0.29) is 11.4 Å². The molecule has 0 aliphatic rings. The molecule has 1 rings (SSSR count). The van der Waals surface area contributed by atoms with Gasteiger partial charge >= 0.3 is 0 Å². The van der Waals surface area contributed by atoms with Crippen LogP contribution in [0.2, 0.25) is 0 Å². The van der Waals surface area contributed by atoms with E-state index in [9.17, 15) is 13.2 Å². The Morgan fingerprint density at radius 1 is 1.26 bits per heavy atom. The van der Waals surface area contributed by atoms with Crippen molar-refractivity contribution in [3.05, 3.63) is 28.8 Å². The van der Waals surface area contributed by atoms with Gasteiger partial charge in [0, 0.05) is 6.54 Å². The maximum atomic E-state index is 12.3. The summed E-state index contributed by atoms with van der Waals surface area (Å²) < 4.78 is 26.8. The van der Waals surface area contributed by atoms with Gasteiger partial charge in [0.2, 0.25) is 15.9 Å². The van der Waals surface area contributed by atoms with E-state index in [0.717, 1.165) is 5.56 Å². The van der Waals surface area contributed by atoms with Crippen LogP contribution < -0.4 is 16.2 Å². The average Bonchev–Trinajstić information content (AvgIpc) is 2.23. The number of nitrogens with two attached hydrogens (primary N) is 2. The normalized spacial score (nSPS) is 13.3. The highest BCUT2D eigenvalue weighted by atomic mass is 32.2. The average molecular weight is 285 g/mol. The molecular formula is C12H19N3O3S. The second-order valence-corrected chi connectivity index (χ2v) is 6.19. The SMILES string of the molecule is Cc1cc(C)c(S(=O)(=O)NC(CN)C(N)=O)c(C)c1. The zero-order valence-electron chi connectivity index (χ0n) is 11.2. The topological polar surface area (TPSA) is 115 Å². The minimum atomic E-state index is -3.83. The molecule has 106 valence electrons. The zero-order chi connectivity index (χ0) is 14.8. The van der Waals surface area contributed by atoms with Crippen LogP contribution in [0.25, 0.3) is 0 Å². The molecule has 0 saturated carbocycles. The van der Waals surface area contributed by atoms with Gasteiger partial charge < -0.3 is 11.5 Å². The molecule has 6 nitrogen and oxygen atoms in total. The van der Waals surface area contributed by atoms with E-state index >= 15 is 0 Å². The monoisotopic (exact) mass is 285 g/mol. The summed E-state index contributed by atoms with van der Waals surface area (Å²) in [4.78, 5) is 11.2. The number of primary amides is 1. The van der Waals surface area contributed by atoms with Gasteiger partial charge in [-0.25, -0.2) is 8.42 Å². The summed E-state index contributed by atoms with van der Waals surface area (Å²) in [6, 6.07) is 2.43. The van der Waals surface area contributed by atoms with Crippen molar-refractivity contribution in [1.82, 2.24) is 4.72 Å². The van der Waals surface area contributed by atoms with Crippen LogP contribution in [0.3, 0.4) is 0 Å². The Balaban J connectivity index is 3.25. The van der Waals surface area contributed by atoms with Crippen molar-refractivity contribution in [3.63, 3.8) is 0 Å². The van der Waals surface area contributed by atoms with Crippen LogP contribution in [-0.4, -0.2) is 26.9 Å².